The number of hydroxylamine groups is 1. The Balaban J connectivity index is 2.75. The van der Waals surface area contributed by atoms with E-state index in [1.165, 1.54) is 14.2 Å². The van der Waals surface area contributed by atoms with Crippen LogP contribution in [0.25, 0.3) is 10.8 Å². The predicted molar refractivity (Wildman–Crippen MR) is 69.9 cm³/mol. The number of hydrogen-bond donors (Lipinski definition) is 1. The molecule has 1 heterocycles. The van der Waals surface area contributed by atoms with Crippen LogP contribution in [0.4, 0.5) is 0 Å². The molecule has 0 aliphatic carbocycles. The molecule has 100 valence electrons. The van der Waals surface area contributed by atoms with Gasteiger partial charge in [0.2, 0.25) is 0 Å². The van der Waals surface area contributed by atoms with E-state index in [1.54, 1.807) is 18.2 Å². The van der Waals surface area contributed by atoms with E-state index in [2.05, 4.69) is 10.3 Å². The number of hydrogen-bond acceptors (Lipinski definition) is 4. The van der Waals surface area contributed by atoms with E-state index >= 15 is 0 Å². The Morgan fingerprint density at radius 1 is 1.26 bits per heavy atom. The number of pyridine rings is 1. The first-order valence-corrected chi connectivity index (χ1v) is 5.62. The number of amides is 1. The van der Waals surface area contributed by atoms with Crippen LogP contribution in [0.15, 0.2) is 29.1 Å². The zero-order chi connectivity index (χ0) is 14.0. The molecule has 0 unspecified atom stereocenters. The molecule has 0 fully saturated rings. The second-order valence-corrected chi connectivity index (χ2v) is 4.04. The number of aryl methyl sites for hydroxylation is 1. The van der Waals surface area contributed by atoms with Crippen LogP contribution >= 0.6 is 0 Å². The number of aromatic nitrogens is 1. The SMILES string of the molecule is CONC(=O)c1cc2ccc(C)cc2c(=O)n1OC. The first-order valence-electron chi connectivity index (χ1n) is 5.62. The van der Waals surface area contributed by atoms with Crippen molar-refractivity contribution >= 4 is 16.7 Å². The molecule has 1 N–H and O–H groups in total. The van der Waals surface area contributed by atoms with Gasteiger partial charge in [0.25, 0.3) is 11.5 Å². The molecule has 2 aromatic rings. The Kier molecular flexibility index (Phi) is 3.52. The maximum absolute atomic E-state index is 12.3. The van der Waals surface area contributed by atoms with Crippen LogP contribution in [0.1, 0.15) is 16.1 Å². The third-order valence-electron chi connectivity index (χ3n) is 2.74. The lowest BCUT2D eigenvalue weighted by Gasteiger charge is -2.12. The summed E-state index contributed by atoms with van der Waals surface area (Å²) in [5.41, 5.74) is 2.81. The number of carbonyl (C=O) groups excluding carboxylic acids is 1. The molecule has 0 saturated carbocycles. The highest BCUT2D eigenvalue weighted by Crippen LogP contribution is 2.14. The molecule has 0 aliphatic rings. The van der Waals surface area contributed by atoms with Gasteiger partial charge in [0.05, 0.1) is 12.5 Å². The van der Waals surface area contributed by atoms with Gasteiger partial charge in [-0.3, -0.25) is 14.4 Å². The molecule has 0 atom stereocenters. The van der Waals surface area contributed by atoms with Crippen molar-refractivity contribution in [1.29, 1.82) is 0 Å². The quantitative estimate of drug-likeness (QED) is 0.825. The van der Waals surface area contributed by atoms with E-state index < -0.39 is 5.91 Å². The lowest BCUT2D eigenvalue weighted by Crippen LogP contribution is -2.34. The first kappa shape index (κ1) is 13.1. The summed E-state index contributed by atoms with van der Waals surface area (Å²) < 4.78 is 0.941. The number of benzene rings is 1. The standard InChI is InChI=1S/C13H14N2O4/c1-8-4-5-9-7-11(12(16)14-18-2)15(19-3)13(17)10(9)6-8/h4-7H,1-3H3,(H,14,16). The molecular weight excluding hydrogens is 248 g/mol. The normalized spacial score (nSPS) is 10.5. The van der Waals surface area contributed by atoms with Gasteiger partial charge < -0.3 is 4.84 Å². The molecule has 6 nitrogen and oxygen atoms in total. The van der Waals surface area contributed by atoms with Crippen LogP contribution < -0.4 is 15.9 Å². The van der Waals surface area contributed by atoms with E-state index in [0.29, 0.717) is 10.8 Å². The van der Waals surface area contributed by atoms with Gasteiger partial charge in [0.15, 0.2) is 5.69 Å². The van der Waals surface area contributed by atoms with E-state index in [0.717, 1.165) is 10.3 Å². The van der Waals surface area contributed by atoms with Gasteiger partial charge in [0.1, 0.15) is 7.11 Å². The Bertz CT molecular complexity index is 691. The number of rotatable bonds is 3. The molecule has 2 rings (SSSR count). The third kappa shape index (κ3) is 2.30. The number of nitrogens with one attached hydrogen (secondary N) is 1. The Morgan fingerprint density at radius 3 is 2.63 bits per heavy atom. The van der Waals surface area contributed by atoms with Gasteiger partial charge in [-0.25, -0.2) is 5.48 Å². The van der Waals surface area contributed by atoms with Crippen LogP contribution in [-0.2, 0) is 4.84 Å². The molecule has 6 heteroatoms. The summed E-state index contributed by atoms with van der Waals surface area (Å²) in [7, 11) is 2.64. The summed E-state index contributed by atoms with van der Waals surface area (Å²) in [5.74, 6) is -0.552. The fraction of sp³-hybridized carbons (Fsp3) is 0.231. The molecule has 19 heavy (non-hydrogen) atoms. The highest BCUT2D eigenvalue weighted by molar-refractivity contribution is 5.96. The zero-order valence-corrected chi connectivity index (χ0v) is 10.9. The number of fused-ring (bicyclic) bond motifs is 1. The van der Waals surface area contributed by atoms with E-state index in [-0.39, 0.29) is 11.3 Å². The fourth-order valence-electron chi connectivity index (χ4n) is 1.89. The van der Waals surface area contributed by atoms with E-state index in [4.69, 9.17) is 4.84 Å². The number of nitrogens with zero attached hydrogens (tertiary/aromatic N) is 1. The van der Waals surface area contributed by atoms with Crippen molar-refractivity contribution in [3.63, 3.8) is 0 Å². The molecular formula is C13H14N2O4. The second-order valence-electron chi connectivity index (χ2n) is 4.04. The van der Waals surface area contributed by atoms with Crippen molar-refractivity contribution in [2.45, 2.75) is 6.92 Å². The summed E-state index contributed by atoms with van der Waals surface area (Å²) in [5, 5.41) is 1.17. The van der Waals surface area contributed by atoms with Gasteiger partial charge in [-0.05, 0) is 24.4 Å². The summed E-state index contributed by atoms with van der Waals surface area (Å²) in [6.07, 6.45) is 0. The maximum atomic E-state index is 12.3. The Morgan fingerprint density at radius 2 is 2.00 bits per heavy atom. The second kappa shape index (κ2) is 5.11. The highest BCUT2D eigenvalue weighted by Gasteiger charge is 2.16. The van der Waals surface area contributed by atoms with Crippen molar-refractivity contribution < 1.29 is 14.5 Å². The lowest BCUT2D eigenvalue weighted by molar-refractivity contribution is 0.0488. The zero-order valence-electron chi connectivity index (χ0n) is 10.9. The van der Waals surface area contributed by atoms with Crippen molar-refractivity contribution in [1.82, 2.24) is 10.2 Å². The summed E-state index contributed by atoms with van der Waals surface area (Å²) in [6.45, 7) is 1.89. The van der Waals surface area contributed by atoms with Gasteiger partial charge in [-0.1, -0.05) is 17.7 Å². The third-order valence-corrected chi connectivity index (χ3v) is 2.74. The van der Waals surface area contributed by atoms with Crippen LogP contribution in [0.2, 0.25) is 0 Å². The molecule has 0 radical (unpaired) electrons. The largest absolute Gasteiger partial charge is 0.413 e. The molecule has 1 aromatic heterocycles. The van der Waals surface area contributed by atoms with Crippen molar-refractivity contribution in [3.8, 4) is 0 Å². The highest BCUT2D eigenvalue weighted by atomic mass is 16.7. The van der Waals surface area contributed by atoms with Gasteiger partial charge in [-0.15, -0.1) is 4.73 Å². The minimum absolute atomic E-state index is 0.0747. The minimum atomic E-state index is -0.552. The lowest BCUT2D eigenvalue weighted by atomic mass is 10.1. The van der Waals surface area contributed by atoms with Crippen molar-refractivity contribution in [2.75, 3.05) is 14.2 Å². The molecule has 0 saturated heterocycles. The van der Waals surface area contributed by atoms with Crippen LogP contribution in [-0.4, -0.2) is 24.9 Å². The summed E-state index contributed by atoms with van der Waals surface area (Å²) >= 11 is 0. The maximum Gasteiger partial charge on any atom is 0.295 e. The fourth-order valence-corrected chi connectivity index (χ4v) is 1.89. The van der Waals surface area contributed by atoms with Crippen LogP contribution in [0, 0.1) is 6.92 Å². The first-order chi connectivity index (χ1) is 9.08. The molecule has 0 bridgehead atoms. The molecule has 1 aromatic carbocycles. The number of carbonyl (C=O) groups is 1. The predicted octanol–water partition coefficient (Wildman–Crippen LogP) is 0.660. The van der Waals surface area contributed by atoms with Crippen LogP contribution in [0.5, 0.6) is 0 Å². The molecule has 1 amide bonds. The Hall–Kier alpha value is -2.34. The van der Waals surface area contributed by atoms with Gasteiger partial charge in [0, 0.05) is 0 Å². The molecule has 0 spiro atoms. The van der Waals surface area contributed by atoms with Gasteiger partial charge in [-0.2, -0.15) is 0 Å². The van der Waals surface area contributed by atoms with Crippen LogP contribution in [0.3, 0.4) is 0 Å². The van der Waals surface area contributed by atoms with E-state index in [1.807, 2.05) is 13.0 Å². The summed E-state index contributed by atoms with van der Waals surface area (Å²) in [6, 6.07) is 6.99. The average Bonchev–Trinajstić information content (AvgIpc) is 2.39. The van der Waals surface area contributed by atoms with Crippen molar-refractivity contribution in [3.05, 3.63) is 45.9 Å². The Labute approximate surface area is 109 Å². The van der Waals surface area contributed by atoms with E-state index in [9.17, 15) is 9.59 Å². The van der Waals surface area contributed by atoms with Crippen molar-refractivity contribution in [2.24, 2.45) is 0 Å². The topological polar surface area (TPSA) is 69.6 Å². The minimum Gasteiger partial charge on any atom is -0.413 e. The summed E-state index contributed by atoms with van der Waals surface area (Å²) in [4.78, 5) is 33.6. The smallest absolute Gasteiger partial charge is 0.295 e. The average molecular weight is 262 g/mol. The molecule has 0 aliphatic heterocycles. The van der Waals surface area contributed by atoms with Gasteiger partial charge >= 0.3 is 0 Å². The monoisotopic (exact) mass is 262 g/mol.